The lowest BCUT2D eigenvalue weighted by molar-refractivity contribution is -0.141. The Morgan fingerprint density at radius 3 is 2.25 bits per heavy atom. The molecule has 1 saturated heterocycles. The number of hydrogen-bond donors (Lipinski definition) is 1. The highest BCUT2D eigenvalue weighted by Crippen LogP contribution is 2.38. The number of amides is 1. The second kappa shape index (κ2) is 8.17. The van der Waals surface area contributed by atoms with E-state index in [1.807, 2.05) is 13.0 Å². The van der Waals surface area contributed by atoms with Crippen LogP contribution in [0.5, 0.6) is 0 Å². The van der Waals surface area contributed by atoms with Gasteiger partial charge >= 0.3 is 5.97 Å². The van der Waals surface area contributed by atoms with E-state index >= 15 is 0 Å². The molecule has 0 radical (unpaired) electrons. The Bertz CT molecular complexity index is 904. The molecule has 0 bridgehead atoms. The maximum absolute atomic E-state index is 13.1. The third-order valence-electron chi connectivity index (χ3n) is 4.95. The minimum Gasteiger partial charge on any atom is -0.481 e. The van der Waals surface area contributed by atoms with E-state index in [1.165, 1.54) is 4.90 Å². The van der Waals surface area contributed by atoms with Gasteiger partial charge in [0, 0.05) is 18.5 Å². The Balaban J connectivity index is 1.97. The summed E-state index contributed by atoms with van der Waals surface area (Å²) in [4.78, 5) is 50.7. The predicted molar refractivity (Wildman–Crippen MR) is 102 cm³/mol. The first-order chi connectivity index (χ1) is 13.4. The Labute approximate surface area is 162 Å². The number of aryl methyl sites for hydroxylation is 1. The molecule has 1 N–H and O–H groups in total. The van der Waals surface area contributed by atoms with Crippen molar-refractivity contribution in [3.05, 3.63) is 71.3 Å². The van der Waals surface area contributed by atoms with Crippen LogP contribution in [0.15, 0.2) is 54.6 Å². The number of hydrogen-bond acceptors (Lipinski definition) is 4. The number of carboxylic acid groups (broad SMARTS) is 1. The number of carboxylic acids is 1. The van der Waals surface area contributed by atoms with Crippen molar-refractivity contribution in [1.82, 2.24) is 4.90 Å². The van der Waals surface area contributed by atoms with Crippen LogP contribution in [-0.2, 0) is 14.4 Å². The Kier molecular flexibility index (Phi) is 5.68. The van der Waals surface area contributed by atoms with Gasteiger partial charge in [-0.05, 0) is 18.9 Å². The number of likely N-dealkylation sites (tertiary alicyclic amines) is 1. The molecule has 2 aromatic carbocycles. The summed E-state index contributed by atoms with van der Waals surface area (Å²) >= 11 is 0. The number of benzene rings is 2. The van der Waals surface area contributed by atoms with Crippen LogP contribution in [0.4, 0.5) is 0 Å². The lowest BCUT2D eigenvalue weighted by Gasteiger charge is -2.27. The summed E-state index contributed by atoms with van der Waals surface area (Å²) in [5.41, 5.74) is 2.05. The number of Topliss-reactive ketones (excluding diaryl/α,β-unsaturated/α-hetero) is 2. The number of carbonyl (C=O) groups excluding carboxylic acids is 3. The smallest absolute Gasteiger partial charge is 0.303 e. The van der Waals surface area contributed by atoms with E-state index in [4.69, 9.17) is 5.11 Å². The van der Waals surface area contributed by atoms with E-state index in [0.29, 0.717) is 11.1 Å². The fourth-order valence-corrected chi connectivity index (χ4v) is 3.55. The summed E-state index contributed by atoms with van der Waals surface area (Å²) in [5.74, 6) is -3.98. The van der Waals surface area contributed by atoms with Crippen LogP contribution < -0.4 is 0 Å². The van der Waals surface area contributed by atoms with Crippen molar-refractivity contribution in [2.24, 2.45) is 5.92 Å². The predicted octanol–water partition coefficient (Wildman–Crippen LogP) is 2.81. The van der Waals surface area contributed by atoms with Crippen molar-refractivity contribution >= 4 is 23.4 Å². The molecule has 1 fully saturated rings. The summed E-state index contributed by atoms with van der Waals surface area (Å²) in [6.45, 7) is 2.00. The fraction of sp³-hybridized carbons (Fsp3) is 0.273. The van der Waals surface area contributed by atoms with E-state index < -0.39 is 35.4 Å². The highest BCUT2D eigenvalue weighted by molar-refractivity contribution is 6.44. The summed E-state index contributed by atoms with van der Waals surface area (Å²) < 4.78 is 0. The van der Waals surface area contributed by atoms with Gasteiger partial charge in [0.1, 0.15) is 5.92 Å². The molecule has 28 heavy (non-hydrogen) atoms. The van der Waals surface area contributed by atoms with Gasteiger partial charge in [0.05, 0.1) is 6.04 Å². The standard InChI is InChI=1S/C22H21NO5/c1-14-9-11-16(12-10-14)20(26)18-19(15-6-3-2-4-7-15)23(22(28)21(18)27)13-5-8-17(24)25/h2-4,6-7,9-12,18-19H,5,8,13H2,1H3,(H,24,25). The van der Waals surface area contributed by atoms with E-state index in [0.717, 1.165) is 5.56 Å². The van der Waals surface area contributed by atoms with E-state index in [2.05, 4.69) is 0 Å². The first-order valence-electron chi connectivity index (χ1n) is 9.12. The van der Waals surface area contributed by atoms with Crippen molar-refractivity contribution in [3.63, 3.8) is 0 Å². The van der Waals surface area contributed by atoms with E-state index in [-0.39, 0.29) is 19.4 Å². The van der Waals surface area contributed by atoms with Crippen molar-refractivity contribution in [2.45, 2.75) is 25.8 Å². The van der Waals surface area contributed by atoms with Crippen molar-refractivity contribution in [1.29, 1.82) is 0 Å². The monoisotopic (exact) mass is 379 g/mol. The molecule has 2 unspecified atom stereocenters. The quantitative estimate of drug-likeness (QED) is 0.454. The molecule has 144 valence electrons. The van der Waals surface area contributed by atoms with Crippen molar-refractivity contribution in [3.8, 4) is 0 Å². The topological polar surface area (TPSA) is 91.8 Å². The third-order valence-corrected chi connectivity index (χ3v) is 4.95. The molecule has 6 nitrogen and oxygen atoms in total. The van der Waals surface area contributed by atoms with Crippen LogP contribution in [0.3, 0.4) is 0 Å². The number of carbonyl (C=O) groups is 4. The van der Waals surface area contributed by atoms with Crippen LogP contribution >= 0.6 is 0 Å². The van der Waals surface area contributed by atoms with Gasteiger partial charge in [-0.2, -0.15) is 0 Å². The molecular weight excluding hydrogens is 358 g/mol. The van der Waals surface area contributed by atoms with Gasteiger partial charge < -0.3 is 10.0 Å². The van der Waals surface area contributed by atoms with Crippen molar-refractivity contribution < 1.29 is 24.3 Å². The zero-order valence-electron chi connectivity index (χ0n) is 15.5. The Morgan fingerprint density at radius 2 is 1.64 bits per heavy atom. The third kappa shape index (κ3) is 3.86. The minimum atomic E-state index is -1.14. The van der Waals surface area contributed by atoms with E-state index in [9.17, 15) is 19.2 Å². The van der Waals surface area contributed by atoms with Gasteiger partial charge in [-0.3, -0.25) is 19.2 Å². The van der Waals surface area contributed by atoms with Gasteiger partial charge in [-0.25, -0.2) is 0 Å². The summed E-state index contributed by atoms with van der Waals surface area (Å²) in [6, 6.07) is 15.1. The first-order valence-corrected chi connectivity index (χ1v) is 9.12. The van der Waals surface area contributed by atoms with Gasteiger partial charge in [-0.15, -0.1) is 0 Å². The molecule has 6 heteroatoms. The fourth-order valence-electron chi connectivity index (χ4n) is 3.55. The average Bonchev–Trinajstić information content (AvgIpc) is 2.93. The molecular formula is C22H21NO5. The number of nitrogens with zero attached hydrogens (tertiary/aromatic N) is 1. The van der Waals surface area contributed by atoms with Crippen LogP contribution in [0.2, 0.25) is 0 Å². The lowest BCUT2D eigenvalue weighted by Crippen LogP contribution is -2.32. The summed E-state index contributed by atoms with van der Waals surface area (Å²) in [5, 5.41) is 8.87. The lowest BCUT2D eigenvalue weighted by atomic mass is 9.86. The second-order valence-corrected chi connectivity index (χ2v) is 6.92. The van der Waals surface area contributed by atoms with Gasteiger partial charge in [0.2, 0.25) is 5.78 Å². The highest BCUT2D eigenvalue weighted by atomic mass is 16.4. The SMILES string of the molecule is Cc1ccc(C(=O)C2C(=O)C(=O)N(CCCC(=O)O)C2c2ccccc2)cc1. The van der Waals surface area contributed by atoms with Crippen LogP contribution in [0.1, 0.15) is 40.4 Å². The van der Waals surface area contributed by atoms with E-state index in [1.54, 1.807) is 48.5 Å². The normalized spacial score (nSPS) is 19.1. The molecule has 3 rings (SSSR count). The molecule has 0 aromatic heterocycles. The number of ketones is 2. The van der Waals surface area contributed by atoms with Gasteiger partial charge in [-0.1, -0.05) is 60.2 Å². The largest absolute Gasteiger partial charge is 0.481 e. The second-order valence-electron chi connectivity index (χ2n) is 6.92. The molecule has 2 atom stereocenters. The molecule has 1 aliphatic heterocycles. The molecule has 1 aliphatic rings. The Morgan fingerprint density at radius 1 is 1.00 bits per heavy atom. The van der Waals surface area contributed by atoms with Crippen LogP contribution in [-0.4, -0.2) is 40.0 Å². The van der Waals surface area contributed by atoms with Crippen molar-refractivity contribution in [2.75, 3.05) is 6.54 Å². The molecule has 2 aromatic rings. The molecule has 0 saturated carbocycles. The molecule has 1 heterocycles. The maximum Gasteiger partial charge on any atom is 0.303 e. The molecule has 0 spiro atoms. The maximum atomic E-state index is 13.1. The number of aliphatic carboxylic acids is 1. The first kappa shape index (κ1) is 19.5. The van der Waals surface area contributed by atoms with Gasteiger partial charge in [0.15, 0.2) is 5.78 Å². The molecule has 1 amide bonds. The summed E-state index contributed by atoms with van der Waals surface area (Å²) in [7, 11) is 0. The molecule has 0 aliphatic carbocycles. The zero-order chi connectivity index (χ0) is 20.3. The van der Waals surface area contributed by atoms with Crippen LogP contribution in [0, 0.1) is 12.8 Å². The zero-order valence-corrected chi connectivity index (χ0v) is 15.5. The average molecular weight is 379 g/mol. The van der Waals surface area contributed by atoms with Gasteiger partial charge in [0.25, 0.3) is 5.91 Å². The minimum absolute atomic E-state index is 0.105. The summed E-state index contributed by atoms with van der Waals surface area (Å²) in [6.07, 6.45) is 0.0964. The highest BCUT2D eigenvalue weighted by Gasteiger charge is 2.51. The van der Waals surface area contributed by atoms with Crippen LogP contribution in [0.25, 0.3) is 0 Å². The number of rotatable bonds is 7. The Hall–Kier alpha value is -3.28.